The van der Waals surface area contributed by atoms with E-state index in [-0.39, 0.29) is 0 Å². The standard InChI is InChI=1S/C14H20ClN3/c1-2-9-18-10-7-14(8-11-18)17-16-13-5-3-12(15)4-6-13/h3-7,16-17H,2,8-11H2,1H3. The van der Waals surface area contributed by atoms with E-state index >= 15 is 0 Å². The van der Waals surface area contributed by atoms with Crippen molar-refractivity contribution in [2.75, 3.05) is 25.1 Å². The van der Waals surface area contributed by atoms with Gasteiger partial charge in [-0.25, -0.2) is 0 Å². The van der Waals surface area contributed by atoms with Gasteiger partial charge in [-0.15, -0.1) is 0 Å². The van der Waals surface area contributed by atoms with E-state index in [1.165, 1.54) is 18.7 Å². The van der Waals surface area contributed by atoms with Gasteiger partial charge in [-0.2, -0.15) is 0 Å². The Hall–Kier alpha value is -1.19. The molecule has 0 aliphatic carbocycles. The zero-order valence-electron chi connectivity index (χ0n) is 10.7. The van der Waals surface area contributed by atoms with Crippen LogP contribution in [0.5, 0.6) is 0 Å². The minimum atomic E-state index is 0.757. The molecule has 1 aromatic carbocycles. The van der Waals surface area contributed by atoms with Crippen molar-refractivity contribution in [3.8, 4) is 0 Å². The molecule has 0 atom stereocenters. The molecule has 0 saturated carbocycles. The zero-order chi connectivity index (χ0) is 12.8. The minimum absolute atomic E-state index is 0.757. The van der Waals surface area contributed by atoms with Crippen LogP contribution in [0.15, 0.2) is 36.0 Å². The van der Waals surface area contributed by atoms with Gasteiger partial charge >= 0.3 is 0 Å². The molecule has 2 N–H and O–H groups in total. The maximum atomic E-state index is 5.84. The maximum absolute atomic E-state index is 5.84. The first-order chi connectivity index (χ1) is 8.78. The van der Waals surface area contributed by atoms with E-state index in [1.54, 1.807) is 0 Å². The van der Waals surface area contributed by atoms with E-state index in [0.717, 1.165) is 30.2 Å². The van der Waals surface area contributed by atoms with Crippen LogP contribution in [0.1, 0.15) is 19.8 Å². The number of anilines is 1. The van der Waals surface area contributed by atoms with E-state index in [0.29, 0.717) is 0 Å². The molecule has 0 fully saturated rings. The van der Waals surface area contributed by atoms with Crippen LogP contribution in [-0.2, 0) is 0 Å². The lowest BCUT2D eigenvalue weighted by Gasteiger charge is -2.26. The van der Waals surface area contributed by atoms with E-state index in [1.807, 2.05) is 24.3 Å². The van der Waals surface area contributed by atoms with Crippen molar-refractivity contribution in [3.05, 3.63) is 41.1 Å². The van der Waals surface area contributed by atoms with E-state index in [4.69, 9.17) is 11.6 Å². The molecule has 0 spiro atoms. The Labute approximate surface area is 114 Å². The highest BCUT2D eigenvalue weighted by Gasteiger charge is 2.09. The van der Waals surface area contributed by atoms with Crippen molar-refractivity contribution in [1.29, 1.82) is 0 Å². The second-order valence-electron chi connectivity index (χ2n) is 4.54. The highest BCUT2D eigenvalue weighted by molar-refractivity contribution is 6.30. The van der Waals surface area contributed by atoms with Gasteiger partial charge < -0.3 is 10.9 Å². The van der Waals surface area contributed by atoms with Crippen LogP contribution in [-0.4, -0.2) is 24.5 Å². The predicted molar refractivity (Wildman–Crippen MR) is 77.6 cm³/mol. The highest BCUT2D eigenvalue weighted by atomic mass is 35.5. The van der Waals surface area contributed by atoms with Crippen molar-refractivity contribution in [2.24, 2.45) is 0 Å². The minimum Gasteiger partial charge on any atom is -0.305 e. The van der Waals surface area contributed by atoms with Crippen LogP contribution in [0.4, 0.5) is 5.69 Å². The summed E-state index contributed by atoms with van der Waals surface area (Å²) in [6.07, 6.45) is 4.54. The number of benzene rings is 1. The molecule has 0 saturated heterocycles. The van der Waals surface area contributed by atoms with Crippen molar-refractivity contribution in [2.45, 2.75) is 19.8 Å². The lowest BCUT2D eigenvalue weighted by atomic mass is 10.2. The fourth-order valence-electron chi connectivity index (χ4n) is 2.03. The average Bonchev–Trinajstić information content (AvgIpc) is 2.40. The maximum Gasteiger partial charge on any atom is 0.0540 e. The predicted octanol–water partition coefficient (Wildman–Crippen LogP) is 3.26. The molecule has 1 heterocycles. The molecule has 18 heavy (non-hydrogen) atoms. The molecule has 1 aromatic rings. The molecule has 0 radical (unpaired) electrons. The number of nitrogens with zero attached hydrogens (tertiary/aromatic N) is 1. The van der Waals surface area contributed by atoms with Gasteiger partial charge in [0.2, 0.25) is 0 Å². The summed E-state index contributed by atoms with van der Waals surface area (Å²) in [5, 5.41) is 0.757. The first kappa shape index (κ1) is 13.2. The summed E-state index contributed by atoms with van der Waals surface area (Å²) in [5.74, 6) is 0. The SMILES string of the molecule is CCCN1CC=C(NNc2ccc(Cl)cc2)CC1. The fraction of sp³-hybridized carbons (Fsp3) is 0.429. The van der Waals surface area contributed by atoms with Crippen molar-refractivity contribution in [1.82, 2.24) is 10.3 Å². The van der Waals surface area contributed by atoms with Crippen LogP contribution in [0.25, 0.3) is 0 Å². The Kier molecular flexibility index (Phi) is 4.90. The third-order valence-electron chi connectivity index (χ3n) is 3.04. The molecule has 1 aliphatic rings. The molecule has 4 heteroatoms. The quantitative estimate of drug-likeness (QED) is 0.801. The van der Waals surface area contributed by atoms with Gasteiger partial charge in [0.05, 0.1) is 5.69 Å². The van der Waals surface area contributed by atoms with Gasteiger partial charge in [-0.1, -0.05) is 18.5 Å². The topological polar surface area (TPSA) is 27.3 Å². The van der Waals surface area contributed by atoms with Gasteiger partial charge in [0.25, 0.3) is 0 Å². The van der Waals surface area contributed by atoms with Crippen molar-refractivity contribution in [3.63, 3.8) is 0 Å². The third kappa shape index (κ3) is 3.93. The fourth-order valence-corrected chi connectivity index (χ4v) is 2.16. The summed E-state index contributed by atoms with van der Waals surface area (Å²) < 4.78 is 0. The molecule has 98 valence electrons. The zero-order valence-corrected chi connectivity index (χ0v) is 11.5. The molecular weight excluding hydrogens is 246 g/mol. The van der Waals surface area contributed by atoms with Crippen molar-refractivity contribution < 1.29 is 0 Å². The highest BCUT2D eigenvalue weighted by Crippen LogP contribution is 2.13. The van der Waals surface area contributed by atoms with E-state index < -0.39 is 0 Å². The van der Waals surface area contributed by atoms with Gasteiger partial charge in [0.15, 0.2) is 0 Å². The van der Waals surface area contributed by atoms with Crippen LogP contribution < -0.4 is 10.9 Å². The number of hydrogen-bond donors (Lipinski definition) is 2. The summed E-state index contributed by atoms with van der Waals surface area (Å²) in [6, 6.07) is 7.68. The Balaban J connectivity index is 1.79. The summed E-state index contributed by atoms with van der Waals surface area (Å²) in [6.45, 7) is 5.58. The Bertz CT molecular complexity index is 400. The summed E-state index contributed by atoms with van der Waals surface area (Å²) in [7, 11) is 0. The number of hydrogen-bond acceptors (Lipinski definition) is 3. The molecule has 0 amide bonds. The molecule has 0 bridgehead atoms. The normalized spacial score (nSPS) is 16.2. The number of hydrazine groups is 1. The van der Waals surface area contributed by atoms with Gasteiger partial charge in [-0.3, -0.25) is 4.90 Å². The Morgan fingerprint density at radius 3 is 2.61 bits per heavy atom. The van der Waals surface area contributed by atoms with E-state index in [2.05, 4.69) is 28.8 Å². The molecule has 3 nitrogen and oxygen atoms in total. The largest absolute Gasteiger partial charge is 0.305 e. The summed E-state index contributed by atoms with van der Waals surface area (Å²) in [5.41, 5.74) is 8.74. The lowest BCUT2D eigenvalue weighted by molar-refractivity contribution is 0.291. The summed E-state index contributed by atoms with van der Waals surface area (Å²) >= 11 is 5.84. The van der Waals surface area contributed by atoms with E-state index in [9.17, 15) is 0 Å². The van der Waals surface area contributed by atoms with Gasteiger partial charge in [-0.05, 0) is 43.3 Å². The monoisotopic (exact) mass is 265 g/mol. The first-order valence-electron chi connectivity index (χ1n) is 6.47. The Morgan fingerprint density at radius 1 is 1.22 bits per heavy atom. The lowest BCUT2D eigenvalue weighted by Crippen LogP contribution is -2.33. The number of rotatable bonds is 5. The van der Waals surface area contributed by atoms with Crippen LogP contribution in [0.3, 0.4) is 0 Å². The second-order valence-corrected chi connectivity index (χ2v) is 4.97. The molecular formula is C14H20ClN3. The molecule has 2 rings (SSSR count). The van der Waals surface area contributed by atoms with Gasteiger partial charge in [0, 0.05) is 30.2 Å². The average molecular weight is 266 g/mol. The Morgan fingerprint density at radius 2 is 2.00 bits per heavy atom. The van der Waals surface area contributed by atoms with Crippen molar-refractivity contribution >= 4 is 17.3 Å². The molecule has 1 aliphatic heterocycles. The third-order valence-corrected chi connectivity index (χ3v) is 3.30. The van der Waals surface area contributed by atoms with Crippen LogP contribution in [0, 0.1) is 0 Å². The number of halogens is 1. The molecule has 0 aromatic heterocycles. The second kappa shape index (κ2) is 6.66. The van der Waals surface area contributed by atoms with Gasteiger partial charge in [0.1, 0.15) is 0 Å². The summed E-state index contributed by atoms with van der Waals surface area (Å²) in [4.78, 5) is 2.47. The first-order valence-corrected chi connectivity index (χ1v) is 6.84. The smallest absolute Gasteiger partial charge is 0.0540 e. The molecule has 0 unspecified atom stereocenters. The number of nitrogens with one attached hydrogen (secondary N) is 2. The van der Waals surface area contributed by atoms with Crippen LogP contribution in [0.2, 0.25) is 5.02 Å². The van der Waals surface area contributed by atoms with Crippen LogP contribution >= 0.6 is 11.6 Å².